The van der Waals surface area contributed by atoms with Gasteiger partial charge in [0.25, 0.3) is 5.56 Å². The molecule has 0 amide bonds. The highest BCUT2D eigenvalue weighted by Crippen LogP contribution is 2.37. The molecule has 0 saturated heterocycles. The quantitative estimate of drug-likeness (QED) is 0.216. The maximum Gasteiger partial charge on any atom is 0.338 e. The molecule has 10 heteroatoms. The van der Waals surface area contributed by atoms with Crippen LogP contribution >= 0.6 is 43.2 Å². The maximum absolute atomic E-state index is 14.0. The van der Waals surface area contributed by atoms with Crippen LogP contribution < -0.4 is 24.4 Å². The van der Waals surface area contributed by atoms with E-state index in [0.29, 0.717) is 44.3 Å². The van der Waals surface area contributed by atoms with E-state index in [1.54, 1.807) is 30.6 Å². The number of carbonyl (C=O) groups is 1. The molecule has 0 fully saturated rings. The van der Waals surface area contributed by atoms with E-state index in [9.17, 15) is 9.59 Å². The number of nitrogens with zero attached hydrogens (tertiary/aromatic N) is 2. The average Bonchev–Trinajstić information content (AvgIpc) is 3.17. The van der Waals surface area contributed by atoms with Crippen molar-refractivity contribution >= 4 is 55.2 Å². The zero-order chi connectivity index (χ0) is 28.3. The van der Waals surface area contributed by atoms with Crippen molar-refractivity contribution in [2.24, 2.45) is 4.99 Å². The Morgan fingerprint density at radius 1 is 1.23 bits per heavy atom. The maximum atomic E-state index is 14.0. The first-order valence-corrected chi connectivity index (χ1v) is 14.7. The van der Waals surface area contributed by atoms with E-state index < -0.39 is 12.0 Å². The van der Waals surface area contributed by atoms with Crippen LogP contribution in [-0.4, -0.2) is 29.9 Å². The molecule has 3 aromatic rings. The average molecular weight is 676 g/mol. The summed E-state index contributed by atoms with van der Waals surface area (Å²) in [6, 6.07) is 10.4. The van der Waals surface area contributed by atoms with Crippen LogP contribution in [0.4, 0.5) is 0 Å². The van der Waals surface area contributed by atoms with E-state index in [0.717, 1.165) is 14.5 Å². The summed E-state index contributed by atoms with van der Waals surface area (Å²) in [5, 5.41) is 0. The molecule has 0 saturated carbocycles. The summed E-state index contributed by atoms with van der Waals surface area (Å²) in [6.07, 6.45) is 3.36. The number of rotatable bonds is 9. The lowest BCUT2D eigenvalue weighted by Crippen LogP contribution is -2.40. The third-order valence-electron chi connectivity index (χ3n) is 5.76. The Morgan fingerprint density at radius 2 is 1.92 bits per heavy atom. The molecule has 2 heterocycles. The van der Waals surface area contributed by atoms with Crippen molar-refractivity contribution in [2.75, 3.05) is 13.2 Å². The molecule has 39 heavy (non-hydrogen) atoms. The van der Waals surface area contributed by atoms with Gasteiger partial charge in [-0.05, 0) is 89.4 Å². The number of allylic oxidation sites excluding steroid dienone is 1. The van der Waals surface area contributed by atoms with Gasteiger partial charge in [0.2, 0.25) is 0 Å². The lowest BCUT2D eigenvalue weighted by Gasteiger charge is -2.26. The van der Waals surface area contributed by atoms with Gasteiger partial charge in [-0.15, -0.1) is 0 Å². The summed E-state index contributed by atoms with van der Waals surface area (Å²) in [7, 11) is 0. The summed E-state index contributed by atoms with van der Waals surface area (Å²) >= 11 is 8.36. The largest absolute Gasteiger partial charge is 0.491 e. The van der Waals surface area contributed by atoms with Crippen LogP contribution in [0.2, 0.25) is 0 Å². The first-order chi connectivity index (χ1) is 18.7. The Bertz CT molecular complexity index is 1610. The van der Waals surface area contributed by atoms with Gasteiger partial charge in [0.15, 0.2) is 4.80 Å². The number of carbonyl (C=O) groups excluding carboxylic acids is 1. The van der Waals surface area contributed by atoms with Gasteiger partial charge in [0.1, 0.15) is 24.1 Å². The molecule has 0 N–H and O–H groups in total. The van der Waals surface area contributed by atoms with Gasteiger partial charge in [-0.2, -0.15) is 0 Å². The number of halogens is 2. The number of thiazole rings is 1. The van der Waals surface area contributed by atoms with Crippen molar-refractivity contribution in [3.63, 3.8) is 0 Å². The second kappa shape index (κ2) is 12.5. The van der Waals surface area contributed by atoms with Crippen molar-refractivity contribution in [3.8, 4) is 11.5 Å². The molecule has 0 radical (unpaired) electrons. The second-order valence-corrected chi connectivity index (χ2v) is 11.6. The standard InChI is InChI=1S/C29H28Br2N2O5S/c1-6-12-37-26-20(30)13-18(14-21(26)31)15-23-27(34)33-25(19-10-8-9-11-22(19)38-16(3)4)24(28(35)36-7-2)17(5)32-29(33)39-23/h6,8-11,13-16,25H,1,7,12H2,2-5H3/b23-15-/t25-/m1/s1. The van der Waals surface area contributed by atoms with Gasteiger partial charge in [-0.3, -0.25) is 9.36 Å². The fourth-order valence-electron chi connectivity index (χ4n) is 4.25. The van der Waals surface area contributed by atoms with E-state index in [-0.39, 0.29) is 18.3 Å². The predicted octanol–water partition coefficient (Wildman–Crippen LogP) is 5.68. The van der Waals surface area contributed by atoms with Gasteiger partial charge >= 0.3 is 5.97 Å². The molecule has 4 rings (SSSR count). The minimum Gasteiger partial charge on any atom is -0.491 e. The summed E-state index contributed by atoms with van der Waals surface area (Å²) < 4.78 is 20.7. The Kier molecular flexibility index (Phi) is 9.30. The van der Waals surface area contributed by atoms with Gasteiger partial charge in [0, 0.05) is 5.56 Å². The fourth-order valence-corrected chi connectivity index (χ4v) is 6.75. The summed E-state index contributed by atoms with van der Waals surface area (Å²) in [5.74, 6) is 0.719. The molecule has 2 aromatic carbocycles. The van der Waals surface area contributed by atoms with E-state index in [1.165, 1.54) is 11.3 Å². The van der Waals surface area contributed by atoms with E-state index in [4.69, 9.17) is 14.2 Å². The van der Waals surface area contributed by atoms with Gasteiger partial charge in [-0.25, -0.2) is 9.79 Å². The highest BCUT2D eigenvalue weighted by molar-refractivity contribution is 9.11. The molecule has 1 aromatic heterocycles. The monoisotopic (exact) mass is 674 g/mol. The highest BCUT2D eigenvalue weighted by atomic mass is 79.9. The molecule has 204 valence electrons. The molecule has 0 spiro atoms. The van der Waals surface area contributed by atoms with Crippen LogP contribution in [0.15, 0.2) is 79.1 Å². The fraction of sp³-hybridized carbons (Fsp3) is 0.276. The minimum atomic E-state index is -0.759. The molecule has 7 nitrogen and oxygen atoms in total. The molecular formula is C29H28Br2N2O5S. The second-order valence-electron chi connectivity index (χ2n) is 8.92. The lowest BCUT2D eigenvalue weighted by atomic mass is 9.95. The first-order valence-electron chi connectivity index (χ1n) is 12.3. The molecule has 1 aliphatic rings. The number of fused-ring (bicyclic) bond motifs is 1. The van der Waals surface area contributed by atoms with Gasteiger partial charge in [-0.1, -0.05) is 42.2 Å². The zero-order valence-corrected chi connectivity index (χ0v) is 26.0. The normalized spacial score (nSPS) is 15.2. The van der Waals surface area contributed by atoms with Gasteiger partial charge < -0.3 is 14.2 Å². The van der Waals surface area contributed by atoms with Crippen molar-refractivity contribution in [1.29, 1.82) is 0 Å². The smallest absolute Gasteiger partial charge is 0.338 e. The van der Waals surface area contributed by atoms with E-state index in [2.05, 4.69) is 43.4 Å². The van der Waals surface area contributed by atoms with Crippen LogP contribution in [0.25, 0.3) is 6.08 Å². The third kappa shape index (κ3) is 6.13. The highest BCUT2D eigenvalue weighted by Gasteiger charge is 2.35. The van der Waals surface area contributed by atoms with Crippen LogP contribution in [0.1, 0.15) is 44.9 Å². The van der Waals surface area contributed by atoms with Crippen LogP contribution in [0, 0.1) is 0 Å². The van der Waals surface area contributed by atoms with E-state index in [1.807, 2.05) is 50.2 Å². The Morgan fingerprint density at radius 3 is 2.56 bits per heavy atom. The Labute approximate surface area is 247 Å². The molecule has 0 bridgehead atoms. The van der Waals surface area contributed by atoms with Crippen molar-refractivity contribution < 1.29 is 19.0 Å². The minimum absolute atomic E-state index is 0.103. The van der Waals surface area contributed by atoms with Gasteiger partial charge in [0.05, 0.1) is 37.5 Å². The number of ether oxygens (including phenoxy) is 3. The zero-order valence-electron chi connectivity index (χ0n) is 22.0. The number of hydrogen-bond acceptors (Lipinski definition) is 7. The van der Waals surface area contributed by atoms with Crippen LogP contribution in [-0.2, 0) is 9.53 Å². The van der Waals surface area contributed by atoms with E-state index >= 15 is 0 Å². The molecule has 0 aliphatic carbocycles. The van der Waals surface area contributed by atoms with Crippen molar-refractivity contribution in [1.82, 2.24) is 4.57 Å². The lowest BCUT2D eigenvalue weighted by molar-refractivity contribution is -0.139. The van der Waals surface area contributed by atoms with Crippen molar-refractivity contribution in [2.45, 2.75) is 39.8 Å². The van der Waals surface area contributed by atoms with Crippen LogP contribution in [0.3, 0.4) is 0 Å². The topological polar surface area (TPSA) is 79.1 Å². The number of esters is 1. The first kappa shape index (κ1) is 29.0. The summed E-state index contributed by atoms with van der Waals surface area (Å²) in [6.45, 7) is 11.6. The summed E-state index contributed by atoms with van der Waals surface area (Å²) in [4.78, 5) is 32.3. The number of hydrogen-bond donors (Lipinski definition) is 0. The Balaban J connectivity index is 1.93. The molecule has 1 aliphatic heterocycles. The Hall–Kier alpha value is -2.95. The number of para-hydroxylation sites is 1. The number of aromatic nitrogens is 1. The SMILES string of the molecule is C=CCOc1c(Br)cc(/C=c2\sc3n(c2=O)[C@H](c2ccccc2OC(C)C)C(C(=O)OCC)=C(C)N=3)cc1Br. The molecular weight excluding hydrogens is 648 g/mol. The summed E-state index contributed by atoms with van der Waals surface area (Å²) in [5.41, 5.74) is 2.01. The predicted molar refractivity (Wildman–Crippen MR) is 160 cm³/mol. The number of benzene rings is 2. The molecule has 1 atom stereocenters. The van der Waals surface area contributed by atoms with Crippen molar-refractivity contribution in [3.05, 3.63) is 100 Å². The van der Waals surface area contributed by atoms with Crippen LogP contribution in [0.5, 0.6) is 11.5 Å². The molecule has 0 unspecified atom stereocenters. The third-order valence-corrected chi connectivity index (χ3v) is 7.92.